The largest absolute Gasteiger partial charge is 0.418 e. The number of nitrogens with one attached hydrogen (secondary N) is 1. The van der Waals surface area contributed by atoms with E-state index >= 15 is 0 Å². The highest BCUT2D eigenvalue weighted by molar-refractivity contribution is 7.80. The van der Waals surface area contributed by atoms with E-state index in [2.05, 4.69) is 53.3 Å². The summed E-state index contributed by atoms with van der Waals surface area (Å²) in [5.74, 6) is 1.12. The van der Waals surface area contributed by atoms with Gasteiger partial charge in [-0.3, -0.25) is 0 Å². The highest BCUT2D eigenvalue weighted by atomic mass is 32.1. The predicted octanol–water partition coefficient (Wildman–Crippen LogP) is 5.02. The molecule has 0 spiro atoms. The molecule has 2 heterocycles. The molecule has 3 rings (SSSR count). The molecule has 2 aromatic heterocycles. The Morgan fingerprint density at radius 1 is 1.23 bits per heavy atom. The lowest BCUT2D eigenvalue weighted by Crippen LogP contribution is -2.35. The maximum atomic E-state index is 5.80. The lowest BCUT2D eigenvalue weighted by molar-refractivity contribution is 0.359. The van der Waals surface area contributed by atoms with Gasteiger partial charge in [0.25, 0.3) is 5.89 Å². The summed E-state index contributed by atoms with van der Waals surface area (Å²) in [4.78, 5) is 3.03. The fourth-order valence-electron chi connectivity index (χ4n) is 2.52. The van der Waals surface area contributed by atoms with Crippen LogP contribution < -0.4 is 5.32 Å². The average Bonchev–Trinajstić information content (AvgIpc) is 3.29. The molecule has 0 aliphatic heterocycles. The number of anilines is 1. The van der Waals surface area contributed by atoms with Crippen molar-refractivity contribution in [2.75, 3.05) is 11.9 Å². The van der Waals surface area contributed by atoms with Gasteiger partial charge < -0.3 is 14.6 Å². The van der Waals surface area contributed by atoms with Crippen LogP contribution in [0.1, 0.15) is 30.4 Å². The fourth-order valence-corrected chi connectivity index (χ4v) is 3.44. The van der Waals surface area contributed by atoms with Gasteiger partial charge >= 0.3 is 0 Å². The summed E-state index contributed by atoms with van der Waals surface area (Å²) in [5, 5.41) is 14.3. The summed E-state index contributed by atoms with van der Waals surface area (Å²) in [6, 6.07) is 10.2. The summed E-state index contributed by atoms with van der Waals surface area (Å²) in [6.07, 6.45) is 0.973. The summed E-state index contributed by atoms with van der Waals surface area (Å²) in [7, 11) is 0. The molecule has 1 aromatic carbocycles. The molecule has 7 heteroatoms. The molecule has 0 fully saturated rings. The zero-order valence-corrected chi connectivity index (χ0v) is 16.8. The van der Waals surface area contributed by atoms with E-state index in [4.69, 9.17) is 16.6 Å². The van der Waals surface area contributed by atoms with Crippen molar-refractivity contribution in [2.24, 2.45) is 0 Å². The Balaban J connectivity index is 1.70. The first kappa shape index (κ1) is 18.5. The Bertz CT molecular complexity index is 874. The van der Waals surface area contributed by atoms with Crippen LogP contribution in [0, 0.1) is 13.8 Å². The second-order valence-electron chi connectivity index (χ2n) is 6.13. The Hall–Kier alpha value is -2.25. The molecule has 0 amide bonds. The second-order valence-corrected chi connectivity index (χ2v) is 7.46. The Kier molecular flexibility index (Phi) is 6.00. The van der Waals surface area contributed by atoms with Crippen LogP contribution >= 0.6 is 23.6 Å². The zero-order chi connectivity index (χ0) is 18.5. The maximum Gasteiger partial charge on any atom is 0.257 e. The Morgan fingerprint density at radius 2 is 2.08 bits per heavy atom. The summed E-state index contributed by atoms with van der Waals surface area (Å²) in [5.41, 5.74) is 3.49. The van der Waals surface area contributed by atoms with Crippen molar-refractivity contribution in [2.45, 2.75) is 33.7 Å². The Labute approximate surface area is 163 Å². The molecule has 136 valence electrons. The molecule has 0 saturated heterocycles. The molecule has 5 nitrogen and oxygen atoms in total. The van der Waals surface area contributed by atoms with E-state index < -0.39 is 0 Å². The van der Waals surface area contributed by atoms with E-state index in [-0.39, 0.29) is 0 Å². The molecule has 0 unspecified atom stereocenters. The van der Waals surface area contributed by atoms with Gasteiger partial charge in [-0.1, -0.05) is 19.1 Å². The van der Waals surface area contributed by atoms with Gasteiger partial charge in [-0.05, 0) is 67.2 Å². The third-order valence-corrected chi connectivity index (χ3v) is 5.28. The maximum absolute atomic E-state index is 5.80. The highest BCUT2D eigenvalue weighted by Crippen LogP contribution is 2.23. The first-order valence-electron chi connectivity index (χ1n) is 8.56. The molecule has 0 saturated carbocycles. The van der Waals surface area contributed by atoms with Gasteiger partial charge in [0.15, 0.2) is 5.11 Å². The van der Waals surface area contributed by atoms with Crippen molar-refractivity contribution in [1.29, 1.82) is 0 Å². The van der Waals surface area contributed by atoms with Crippen molar-refractivity contribution in [3.8, 4) is 10.8 Å². The third-order valence-electron chi connectivity index (χ3n) is 4.06. The molecular formula is C19H22N4OS2. The van der Waals surface area contributed by atoms with Gasteiger partial charge in [-0.15, -0.1) is 21.5 Å². The molecule has 3 aromatic rings. The number of thiocarbonyl (C=S) groups is 1. The average molecular weight is 387 g/mol. The quantitative estimate of drug-likeness (QED) is 0.600. The minimum Gasteiger partial charge on any atom is -0.418 e. The first-order chi connectivity index (χ1) is 12.6. The van der Waals surface area contributed by atoms with E-state index in [9.17, 15) is 0 Å². The fraction of sp³-hybridized carbons (Fsp3) is 0.316. The third kappa shape index (κ3) is 4.47. The minimum atomic E-state index is 0.489. The van der Waals surface area contributed by atoms with Crippen molar-refractivity contribution >= 4 is 34.4 Å². The van der Waals surface area contributed by atoms with Gasteiger partial charge in [0.05, 0.1) is 11.4 Å². The van der Waals surface area contributed by atoms with Gasteiger partial charge in [-0.25, -0.2) is 0 Å². The number of aromatic nitrogens is 2. The topological polar surface area (TPSA) is 54.2 Å². The second kappa shape index (κ2) is 8.42. The summed E-state index contributed by atoms with van der Waals surface area (Å²) < 4.78 is 5.80. The number of benzene rings is 1. The van der Waals surface area contributed by atoms with Crippen LogP contribution in [0.25, 0.3) is 10.8 Å². The monoisotopic (exact) mass is 386 g/mol. The van der Waals surface area contributed by atoms with E-state index in [0.717, 1.165) is 23.5 Å². The van der Waals surface area contributed by atoms with E-state index in [1.165, 1.54) is 11.1 Å². The highest BCUT2D eigenvalue weighted by Gasteiger charge is 2.15. The number of nitrogens with zero attached hydrogens (tertiary/aromatic N) is 3. The number of aryl methyl sites for hydroxylation is 2. The van der Waals surface area contributed by atoms with Gasteiger partial charge in [0.1, 0.15) is 0 Å². The Morgan fingerprint density at radius 3 is 2.77 bits per heavy atom. The zero-order valence-electron chi connectivity index (χ0n) is 15.2. The van der Waals surface area contributed by atoms with Crippen molar-refractivity contribution < 1.29 is 4.42 Å². The van der Waals surface area contributed by atoms with Crippen LogP contribution in [0.15, 0.2) is 40.1 Å². The number of hydrogen-bond donors (Lipinski definition) is 1. The number of hydrogen-bond acceptors (Lipinski definition) is 5. The lowest BCUT2D eigenvalue weighted by Gasteiger charge is -2.24. The summed E-state index contributed by atoms with van der Waals surface area (Å²) >= 11 is 7.19. The predicted molar refractivity (Wildman–Crippen MR) is 110 cm³/mol. The van der Waals surface area contributed by atoms with E-state index in [1.807, 2.05) is 23.6 Å². The number of thiophene rings is 1. The van der Waals surface area contributed by atoms with E-state index in [0.29, 0.717) is 23.4 Å². The van der Waals surface area contributed by atoms with Crippen molar-refractivity contribution in [1.82, 2.24) is 15.1 Å². The van der Waals surface area contributed by atoms with Gasteiger partial charge in [0.2, 0.25) is 5.89 Å². The van der Waals surface area contributed by atoms with Crippen LogP contribution in [-0.4, -0.2) is 26.8 Å². The molecule has 0 bridgehead atoms. The molecule has 0 atom stereocenters. The van der Waals surface area contributed by atoms with Gasteiger partial charge in [0, 0.05) is 12.2 Å². The van der Waals surface area contributed by atoms with Crippen LogP contribution in [0.2, 0.25) is 0 Å². The minimum absolute atomic E-state index is 0.489. The van der Waals surface area contributed by atoms with Crippen LogP contribution in [0.3, 0.4) is 0 Å². The van der Waals surface area contributed by atoms with Crippen molar-refractivity contribution in [3.63, 3.8) is 0 Å². The van der Waals surface area contributed by atoms with Crippen LogP contribution in [-0.2, 0) is 6.54 Å². The lowest BCUT2D eigenvalue weighted by atomic mass is 10.1. The standard InChI is InChI=1S/C19H22N4OS2/c1-4-9-23(19(25)20-15-8-7-13(2)14(3)11-15)12-17-21-22-18(24-17)16-6-5-10-26-16/h5-8,10-11H,4,9,12H2,1-3H3,(H,20,25). The molecule has 1 N–H and O–H groups in total. The van der Waals surface area contributed by atoms with Crippen LogP contribution in [0.4, 0.5) is 5.69 Å². The molecule has 0 aliphatic carbocycles. The van der Waals surface area contributed by atoms with Gasteiger partial charge in [-0.2, -0.15) is 0 Å². The first-order valence-corrected chi connectivity index (χ1v) is 9.85. The molecular weight excluding hydrogens is 364 g/mol. The normalized spacial score (nSPS) is 10.7. The molecule has 0 radical (unpaired) electrons. The van der Waals surface area contributed by atoms with Crippen LogP contribution in [0.5, 0.6) is 0 Å². The SMILES string of the molecule is CCCN(Cc1nnc(-c2cccs2)o1)C(=S)Nc1ccc(C)c(C)c1. The smallest absolute Gasteiger partial charge is 0.257 e. The molecule has 26 heavy (non-hydrogen) atoms. The van der Waals surface area contributed by atoms with Crippen molar-refractivity contribution in [3.05, 3.63) is 52.7 Å². The summed E-state index contributed by atoms with van der Waals surface area (Å²) in [6.45, 7) is 7.62. The number of rotatable bonds is 6. The van der Waals surface area contributed by atoms with E-state index in [1.54, 1.807) is 11.3 Å². The molecule has 0 aliphatic rings.